The number of rotatable bonds is 7. The van der Waals surface area contributed by atoms with Gasteiger partial charge in [0.1, 0.15) is 12.4 Å². The molecule has 1 unspecified atom stereocenters. The van der Waals surface area contributed by atoms with E-state index in [0.29, 0.717) is 12.6 Å². The first-order chi connectivity index (χ1) is 12.6. The number of hydrogen-bond donors (Lipinski definition) is 1. The van der Waals surface area contributed by atoms with Crippen molar-refractivity contribution < 1.29 is 14.6 Å². The molecule has 0 bridgehead atoms. The summed E-state index contributed by atoms with van der Waals surface area (Å²) in [5.74, 6) is 0.189. The van der Waals surface area contributed by atoms with E-state index in [2.05, 4.69) is 23.1 Å². The first-order valence-electron chi connectivity index (χ1n) is 9.38. The van der Waals surface area contributed by atoms with Crippen molar-refractivity contribution in [1.29, 1.82) is 0 Å². The van der Waals surface area contributed by atoms with Gasteiger partial charge in [0.05, 0.1) is 6.54 Å². The number of halogens is 1. The Morgan fingerprint density at radius 1 is 1.19 bits per heavy atom. The summed E-state index contributed by atoms with van der Waals surface area (Å²) < 4.78 is 6.06. The first-order valence-corrected chi connectivity index (χ1v) is 9.38. The number of aliphatic carboxylic acids is 1. The number of likely N-dealkylation sites (tertiary alicyclic amines) is 1. The van der Waals surface area contributed by atoms with Crippen LogP contribution in [-0.4, -0.2) is 66.8 Å². The normalized spacial score (nSPS) is 18.1. The second-order valence-corrected chi connectivity index (χ2v) is 7.06. The predicted molar refractivity (Wildman–Crippen MR) is 111 cm³/mol. The summed E-state index contributed by atoms with van der Waals surface area (Å²) in [6.45, 7) is 3.74. The minimum absolute atomic E-state index is 0. The van der Waals surface area contributed by atoms with Gasteiger partial charge in [0, 0.05) is 18.0 Å². The van der Waals surface area contributed by atoms with Gasteiger partial charge in [0.25, 0.3) is 0 Å². The maximum Gasteiger partial charge on any atom is 0.317 e. The number of hydrogen-bond acceptors (Lipinski definition) is 4. The monoisotopic (exact) mass is 392 g/mol. The van der Waals surface area contributed by atoms with Crippen LogP contribution in [0.25, 0.3) is 10.8 Å². The van der Waals surface area contributed by atoms with Crippen LogP contribution in [0.3, 0.4) is 0 Å². The van der Waals surface area contributed by atoms with E-state index >= 15 is 0 Å². The van der Waals surface area contributed by atoms with Crippen molar-refractivity contribution in [3.8, 4) is 5.75 Å². The van der Waals surface area contributed by atoms with Crippen LogP contribution in [0.2, 0.25) is 0 Å². The summed E-state index contributed by atoms with van der Waals surface area (Å²) in [5.41, 5.74) is 0. The summed E-state index contributed by atoms with van der Waals surface area (Å²) in [7, 11) is 1.91. The smallest absolute Gasteiger partial charge is 0.317 e. The minimum Gasteiger partial charge on any atom is -0.492 e. The highest BCUT2D eigenvalue weighted by atomic mass is 35.5. The van der Waals surface area contributed by atoms with Gasteiger partial charge in [-0.2, -0.15) is 0 Å². The third-order valence-electron chi connectivity index (χ3n) is 5.21. The largest absolute Gasteiger partial charge is 0.492 e. The molecule has 0 aliphatic carbocycles. The Morgan fingerprint density at radius 3 is 2.78 bits per heavy atom. The van der Waals surface area contributed by atoms with Crippen molar-refractivity contribution in [2.45, 2.75) is 25.3 Å². The molecule has 1 atom stereocenters. The van der Waals surface area contributed by atoms with Crippen molar-refractivity contribution in [1.82, 2.24) is 9.80 Å². The number of likely N-dealkylation sites (N-methyl/N-ethyl adjacent to an activating group) is 1. The van der Waals surface area contributed by atoms with Crippen LogP contribution in [0.15, 0.2) is 42.5 Å². The Hall–Kier alpha value is -1.82. The zero-order valence-electron chi connectivity index (χ0n) is 15.8. The topological polar surface area (TPSA) is 53.0 Å². The number of carboxylic acids is 1. The van der Waals surface area contributed by atoms with Gasteiger partial charge in [-0.1, -0.05) is 36.4 Å². The van der Waals surface area contributed by atoms with Crippen LogP contribution < -0.4 is 4.74 Å². The van der Waals surface area contributed by atoms with Crippen LogP contribution >= 0.6 is 12.4 Å². The van der Waals surface area contributed by atoms with Crippen molar-refractivity contribution >= 4 is 29.1 Å². The average molecular weight is 393 g/mol. The molecule has 1 aliphatic heterocycles. The van der Waals surface area contributed by atoms with Crippen LogP contribution in [0, 0.1) is 0 Å². The Balaban J connectivity index is 0.00000261. The predicted octanol–water partition coefficient (Wildman–Crippen LogP) is 3.51. The SMILES string of the molecule is CN(CC(=O)O)C1CCCN(CCOc2cccc3ccccc23)CC1.Cl. The lowest BCUT2D eigenvalue weighted by Crippen LogP contribution is -2.37. The van der Waals surface area contributed by atoms with E-state index in [-0.39, 0.29) is 19.0 Å². The molecule has 0 radical (unpaired) electrons. The number of benzene rings is 2. The van der Waals surface area contributed by atoms with Gasteiger partial charge >= 0.3 is 5.97 Å². The molecule has 1 aliphatic rings. The number of ether oxygens (including phenoxy) is 1. The van der Waals surface area contributed by atoms with Gasteiger partial charge in [-0.15, -0.1) is 12.4 Å². The maximum atomic E-state index is 10.9. The standard InChI is InChI=1S/C21H28N2O3.ClH/c1-22(16-21(24)25)18-8-5-12-23(13-11-18)14-15-26-20-10-4-7-17-6-2-3-9-19(17)20;/h2-4,6-7,9-10,18H,5,8,11-16H2,1H3,(H,24,25);1H. The number of carboxylic acid groups (broad SMARTS) is 1. The van der Waals surface area contributed by atoms with E-state index < -0.39 is 5.97 Å². The molecule has 148 valence electrons. The highest BCUT2D eigenvalue weighted by Gasteiger charge is 2.21. The molecule has 27 heavy (non-hydrogen) atoms. The fourth-order valence-electron chi connectivity index (χ4n) is 3.75. The molecule has 1 N–H and O–H groups in total. The minimum atomic E-state index is -0.753. The summed E-state index contributed by atoms with van der Waals surface area (Å²) in [6, 6.07) is 14.8. The summed E-state index contributed by atoms with van der Waals surface area (Å²) in [4.78, 5) is 15.3. The molecule has 0 aromatic heterocycles. The highest BCUT2D eigenvalue weighted by Crippen LogP contribution is 2.25. The summed E-state index contributed by atoms with van der Waals surface area (Å²) >= 11 is 0. The summed E-state index contributed by atoms with van der Waals surface area (Å²) in [5, 5.41) is 11.3. The fourth-order valence-corrected chi connectivity index (χ4v) is 3.75. The Labute approximate surface area is 167 Å². The van der Waals surface area contributed by atoms with Crippen molar-refractivity contribution in [2.24, 2.45) is 0 Å². The van der Waals surface area contributed by atoms with Crippen molar-refractivity contribution in [2.75, 3.05) is 39.8 Å². The lowest BCUT2D eigenvalue weighted by molar-refractivity contribution is -0.138. The Kier molecular flexibility index (Phi) is 8.35. The average Bonchev–Trinajstić information content (AvgIpc) is 2.87. The molecule has 3 rings (SSSR count). The molecule has 1 fully saturated rings. The van der Waals surface area contributed by atoms with E-state index in [9.17, 15) is 4.79 Å². The highest BCUT2D eigenvalue weighted by molar-refractivity contribution is 5.88. The van der Waals surface area contributed by atoms with Crippen LogP contribution in [-0.2, 0) is 4.79 Å². The lowest BCUT2D eigenvalue weighted by atomic mass is 10.1. The molecule has 0 saturated carbocycles. The third kappa shape index (κ3) is 6.09. The van der Waals surface area contributed by atoms with Crippen LogP contribution in [0.5, 0.6) is 5.75 Å². The zero-order chi connectivity index (χ0) is 18.4. The number of nitrogens with zero attached hydrogens (tertiary/aromatic N) is 2. The molecular weight excluding hydrogens is 364 g/mol. The second-order valence-electron chi connectivity index (χ2n) is 7.06. The molecule has 6 heteroatoms. The molecule has 1 heterocycles. The Morgan fingerprint density at radius 2 is 1.96 bits per heavy atom. The van der Waals surface area contributed by atoms with Gasteiger partial charge in [-0.05, 0) is 50.9 Å². The maximum absolute atomic E-state index is 10.9. The van der Waals surface area contributed by atoms with Crippen LogP contribution in [0.1, 0.15) is 19.3 Å². The quantitative estimate of drug-likeness (QED) is 0.781. The molecule has 0 amide bonds. The summed E-state index contributed by atoms with van der Waals surface area (Å²) in [6.07, 6.45) is 3.17. The van der Waals surface area contributed by atoms with Gasteiger partial charge < -0.3 is 9.84 Å². The van der Waals surface area contributed by atoms with E-state index in [1.165, 1.54) is 5.39 Å². The third-order valence-corrected chi connectivity index (χ3v) is 5.21. The van der Waals surface area contributed by atoms with Crippen LogP contribution in [0.4, 0.5) is 0 Å². The molecule has 0 spiro atoms. The van der Waals surface area contributed by atoms with E-state index in [1.807, 2.05) is 36.2 Å². The molecule has 5 nitrogen and oxygen atoms in total. The van der Waals surface area contributed by atoms with Crippen molar-refractivity contribution in [3.63, 3.8) is 0 Å². The molecule has 1 saturated heterocycles. The van der Waals surface area contributed by atoms with E-state index in [4.69, 9.17) is 9.84 Å². The van der Waals surface area contributed by atoms with E-state index in [1.54, 1.807) is 0 Å². The fraction of sp³-hybridized carbons (Fsp3) is 0.476. The van der Waals surface area contributed by atoms with Gasteiger partial charge in [0.2, 0.25) is 0 Å². The Bertz CT molecular complexity index is 735. The number of carbonyl (C=O) groups is 1. The van der Waals surface area contributed by atoms with Gasteiger partial charge in [-0.3, -0.25) is 14.6 Å². The van der Waals surface area contributed by atoms with E-state index in [0.717, 1.165) is 50.0 Å². The van der Waals surface area contributed by atoms with Gasteiger partial charge in [0.15, 0.2) is 0 Å². The number of fused-ring (bicyclic) bond motifs is 1. The zero-order valence-corrected chi connectivity index (χ0v) is 16.7. The molecule has 2 aromatic carbocycles. The molecular formula is C21H29ClN2O3. The second kappa shape index (κ2) is 10.5. The molecule has 2 aromatic rings. The van der Waals surface area contributed by atoms with Crippen molar-refractivity contribution in [3.05, 3.63) is 42.5 Å². The first kappa shape index (κ1) is 21.5. The lowest BCUT2D eigenvalue weighted by Gasteiger charge is -2.25. The van der Waals surface area contributed by atoms with Gasteiger partial charge in [-0.25, -0.2) is 0 Å².